The molecule has 1 aliphatic rings. The van der Waals surface area contributed by atoms with E-state index in [0.717, 1.165) is 19.3 Å². The highest BCUT2D eigenvalue weighted by Gasteiger charge is 2.23. The van der Waals surface area contributed by atoms with Crippen molar-refractivity contribution in [1.82, 2.24) is 9.88 Å². The molecule has 1 heterocycles. The van der Waals surface area contributed by atoms with Gasteiger partial charge in [0.25, 0.3) is 5.91 Å². The summed E-state index contributed by atoms with van der Waals surface area (Å²) in [7, 11) is 1.70. The van der Waals surface area contributed by atoms with E-state index in [0.29, 0.717) is 16.6 Å². The van der Waals surface area contributed by atoms with Crippen molar-refractivity contribution in [3.8, 4) is 0 Å². The fourth-order valence-electron chi connectivity index (χ4n) is 2.71. The van der Waals surface area contributed by atoms with E-state index in [1.165, 1.54) is 12.5 Å². The second-order valence-corrected chi connectivity index (χ2v) is 6.10. The predicted octanol–water partition coefficient (Wildman–Crippen LogP) is 2.53. The maximum atomic E-state index is 11.9. The van der Waals surface area contributed by atoms with Crippen LogP contribution in [0.15, 0.2) is 12.3 Å². The molecule has 1 aromatic heterocycles. The van der Waals surface area contributed by atoms with Gasteiger partial charge in [-0.25, -0.2) is 4.79 Å². The number of hydrogen-bond donors (Lipinski definition) is 1. The first-order chi connectivity index (χ1) is 9.97. The number of amides is 1. The molecule has 21 heavy (non-hydrogen) atoms. The Labute approximate surface area is 129 Å². The fourth-order valence-corrected chi connectivity index (χ4v) is 2.96. The van der Waals surface area contributed by atoms with Gasteiger partial charge in [0.15, 0.2) is 6.61 Å². The molecule has 1 aromatic rings. The lowest BCUT2D eigenvalue weighted by atomic mass is 9.86. The van der Waals surface area contributed by atoms with Crippen LogP contribution in [-0.4, -0.2) is 29.1 Å². The molecule has 1 aliphatic carbocycles. The van der Waals surface area contributed by atoms with Gasteiger partial charge in [0.05, 0.1) is 5.02 Å². The van der Waals surface area contributed by atoms with E-state index in [1.54, 1.807) is 17.8 Å². The quantitative estimate of drug-likeness (QED) is 0.869. The highest BCUT2D eigenvalue weighted by Crippen LogP contribution is 2.23. The van der Waals surface area contributed by atoms with Crippen molar-refractivity contribution in [2.24, 2.45) is 13.0 Å². The Kier molecular flexibility index (Phi) is 5.28. The summed E-state index contributed by atoms with van der Waals surface area (Å²) in [5.74, 6) is -0.316. The number of nitrogens with one attached hydrogen (secondary N) is 1. The first kappa shape index (κ1) is 15.9. The first-order valence-electron chi connectivity index (χ1n) is 7.25. The number of hydrogen-bond acceptors (Lipinski definition) is 3. The number of esters is 1. The Morgan fingerprint density at radius 3 is 2.76 bits per heavy atom. The number of ether oxygens (including phenoxy) is 1. The van der Waals surface area contributed by atoms with Gasteiger partial charge < -0.3 is 14.6 Å². The summed E-state index contributed by atoms with van der Waals surface area (Å²) in [4.78, 5) is 23.7. The molecule has 1 saturated carbocycles. The van der Waals surface area contributed by atoms with Gasteiger partial charge in [0.1, 0.15) is 5.69 Å². The molecule has 1 N–H and O–H groups in total. The number of aromatic nitrogens is 1. The van der Waals surface area contributed by atoms with Crippen molar-refractivity contribution >= 4 is 23.5 Å². The highest BCUT2D eigenvalue weighted by atomic mass is 35.5. The lowest BCUT2D eigenvalue weighted by molar-refractivity contribution is -0.125. The van der Waals surface area contributed by atoms with Crippen molar-refractivity contribution in [2.45, 2.75) is 38.6 Å². The maximum absolute atomic E-state index is 11.9. The van der Waals surface area contributed by atoms with Crippen LogP contribution in [0.4, 0.5) is 0 Å². The zero-order valence-corrected chi connectivity index (χ0v) is 13.2. The molecule has 0 aliphatic heterocycles. The third-order valence-corrected chi connectivity index (χ3v) is 4.18. The molecular formula is C15H21ClN2O3. The summed E-state index contributed by atoms with van der Waals surface area (Å²) < 4.78 is 6.61. The Bertz CT molecular complexity index is 527. The number of halogens is 1. The largest absolute Gasteiger partial charge is 0.451 e. The minimum atomic E-state index is -0.545. The van der Waals surface area contributed by atoms with E-state index in [9.17, 15) is 9.59 Å². The number of rotatable bonds is 4. The summed E-state index contributed by atoms with van der Waals surface area (Å²) in [6, 6.07) is 1.71. The molecule has 5 nitrogen and oxygen atoms in total. The summed E-state index contributed by atoms with van der Waals surface area (Å²) in [6.45, 7) is 1.88. The Morgan fingerprint density at radius 2 is 2.14 bits per heavy atom. The average molecular weight is 313 g/mol. The van der Waals surface area contributed by atoms with Crippen LogP contribution in [0.1, 0.15) is 43.1 Å². The lowest BCUT2D eigenvalue weighted by Gasteiger charge is -2.29. The molecule has 116 valence electrons. The van der Waals surface area contributed by atoms with Crippen molar-refractivity contribution in [3.05, 3.63) is 23.0 Å². The molecule has 1 amide bonds. The van der Waals surface area contributed by atoms with E-state index >= 15 is 0 Å². The minimum absolute atomic E-state index is 0.189. The standard InChI is InChI=1S/C15H21ClN2O3/c1-10-5-3-4-6-12(10)17-14(19)9-21-15(20)13-7-11(16)8-18(13)2/h7-8,10,12H,3-6,9H2,1-2H3,(H,17,19)/t10-,12-/m0/s1. The van der Waals surface area contributed by atoms with Crippen molar-refractivity contribution < 1.29 is 14.3 Å². The van der Waals surface area contributed by atoms with Crippen LogP contribution in [0.3, 0.4) is 0 Å². The molecule has 0 aromatic carbocycles. The van der Waals surface area contributed by atoms with E-state index < -0.39 is 5.97 Å². The van der Waals surface area contributed by atoms with Crippen LogP contribution < -0.4 is 5.32 Å². The zero-order chi connectivity index (χ0) is 15.4. The van der Waals surface area contributed by atoms with Crippen LogP contribution >= 0.6 is 11.6 Å². The van der Waals surface area contributed by atoms with Crippen LogP contribution in [-0.2, 0) is 16.6 Å². The third-order valence-electron chi connectivity index (χ3n) is 3.97. The summed E-state index contributed by atoms with van der Waals surface area (Å²) in [6.07, 6.45) is 6.09. The van der Waals surface area contributed by atoms with Gasteiger partial charge >= 0.3 is 5.97 Å². The number of carbonyl (C=O) groups excluding carboxylic acids is 2. The number of carbonyl (C=O) groups is 2. The Morgan fingerprint density at radius 1 is 1.43 bits per heavy atom. The van der Waals surface area contributed by atoms with Gasteiger partial charge in [-0.15, -0.1) is 0 Å². The Balaban J connectivity index is 1.81. The summed E-state index contributed by atoms with van der Waals surface area (Å²) >= 11 is 5.81. The van der Waals surface area contributed by atoms with E-state index in [-0.39, 0.29) is 18.6 Å². The van der Waals surface area contributed by atoms with Crippen molar-refractivity contribution in [1.29, 1.82) is 0 Å². The molecule has 0 saturated heterocycles. The van der Waals surface area contributed by atoms with Crippen molar-refractivity contribution in [2.75, 3.05) is 6.61 Å². The van der Waals surface area contributed by atoms with E-state index in [4.69, 9.17) is 16.3 Å². The molecule has 6 heteroatoms. The first-order valence-corrected chi connectivity index (χ1v) is 7.63. The fraction of sp³-hybridized carbons (Fsp3) is 0.600. The molecule has 0 bridgehead atoms. The van der Waals surface area contributed by atoms with Crippen LogP contribution in [0.25, 0.3) is 0 Å². The topological polar surface area (TPSA) is 60.3 Å². The molecule has 0 unspecified atom stereocenters. The highest BCUT2D eigenvalue weighted by molar-refractivity contribution is 6.30. The minimum Gasteiger partial charge on any atom is -0.451 e. The molecule has 2 atom stereocenters. The van der Waals surface area contributed by atoms with E-state index in [1.807, 2.05) is 0 Å². The van der Waals surface area contributed by atoms with Gasteiger partial charge in [-0.1, -0.05) is 31.4 Å². The van der Waals surface area contributed by atoms with Crippen LogP contribution in [0, 0.1) is 5.92 Å². The number of nitrogens with zero attached hydrogens (tertiary/aromatic N) is 1. The SMILES string of the molecule is C[C@H]1CCCC[C@@H]1NC(=O)COC(=O)c1cc(Cl)cn1C. The smallest absolute Gasteiger partial charge is 0.355 e. The lowest BCUT2D eigenvalue weighted by Crippen LogP contribution is -2.42. The van der Waals surface area contributed by atoms with E-state index in [2.05, 4.69) is 12.2 Å². The second-order valence-electron chi connectivity index (χ2n) is 5.67. The van der Waals surface area contributed by atoms with Crippen LogP contribution in [0.5, 0.6) is 0 Å². The summed E-state index contributed by atoms with van der Waals surface area (Å²) in [5, 5.41) is 3.41. The molecule has 1 fully saturated rings. The third kappa shape index (κ3) is 4.24. The van der Waals surface area contributed by atoms with Gasteiger partial charge in [0, 0.05) is 19.3 Å². The predicted molar refractivity (Wildman–Crippen MR) is 80.3 cm³/mol. The molecule has 0 spiro atoms. The van der Waals surface area contributed by atoms with Gasteiger partial charge in [0.2, 0.25) is 0 Å². The maximum Gasteiger partial charge on any atom is 0.355 e. The molecule has 2 rings (SSSR count). The summed E-state index contributed by atoms with van der Waals surface area (Å²) in [5.41, 5.74) is 0.332. The Hall–Kier alpha value is -1.49. The second kappa shape index (κ2) is 6.98. The normalized spacial score (nSPS) is 21.9. The van der Waals surface area contributed by atoms with Crippen LogP contribution in [0.2, 0.25) is 5.02 Å². The molecular weight excluding hydrogens is 292 g/mol. The molecule has 0 radical (unpaired) electrons. The monoisotopic (exact) mass is 312 g/mol. The van der Waals surface area contributed by atoms with Gasteiger partial charge in [-0.05, 0) is 24.8 Å². The van der Waals surface area contributed by atoms with Crippen molar-refractivity contribution in [3.63, 3.8) is 0 Å². The zero-order valence-electron chi connectivity index (χ0n) is 12.4. The van der Waals surface area contributed by atoms with Gasteiger partial charge in [-0.3, -0.25) is 4.79 Å². The number of aryl methyl sites for hydroxylation is 1. The average Bonchev–Trinajstić information content (AvgIpc) is 2.78. The van der Waals surface area contributed by atoms with Gasteiger partial charge in [-0.2, -0.15) is 0 Å².